The molecule has 0 saturated heterocycles. The molecule has 1 atom stereocenters. The van der Waals surface area contributed by atoms with E-state index in [0.29, 0.717) is 23.9 Å². The Hall–Kier alpha value is -2.03. The molecule has 0 aliphatic heterocycles. The number of nitrogens with one attached hydrogen (secondary N) is 2. The highest BCUT2D eigenvalue weighted by atomic mass is 32.2. The van der Waals surface area contributed by atoms with Crippen LogP contribution in [0.3, 0.4) is 0 Å². The van der Waals surface area contributed by atoms with Gasteiger partial charge in [0.15, 0.2) is 11.0 Å². The van der Waals surface area contributed by atoms with Gasteiger partial charge in [0.1, 0.15) is 0 Å². The molecular formula is C12H17N7OS. The summed E-state index contributed by atoms with van der Waals surface area (Å²) >= 11 is 1.34. The third kappa shape index (κ3) is 4.78. The topological polar surface area (TPSA) is 109 Å². The van der Waals surface area contributed by atoms with Crippen LogP contribution in [0.15, 0.2) is 11.2 Å². The van der Waals surface area contributed by atoms with E-state index in [2.05, 4.69) is 35.9 Å². The van der Waals surface area contributed by atoms with E-state index in [1.807, 2.05) is 26.8 Å². The summed E-state index contributed by atoms with van der Waals surface area (Å²) in [4.78, 5) is 20.6. The summed E-state index contributed by atoms with van der Waals surface area (Å²) in [5.74, 6) is 0.513. The molecule has 0 aromatic carbocycles. The van der Waals surface area contributed by atoms with E-state index in [9.17, 15) is 4.79 Å². The number of aromatic nitrogens is 6. The van der Waals surface area contributed by atoms with E-state index >= 15 is 0 Å². The number of tetrazole rings is 1. The molecule has 2 N–H and O–H groups in total. The van der Waals surface area contributed by atoms with Gasteiger partial charge in [0, 0.05) is 24.4 Å². The lowest BCUT2D eigenvalue weighted by atomic mass is 10.4. The van der Waals surface area contributed by atoms with E-state index in [4.69, 9.17) is 0 Å². The standard InChI is InChI=1S/C12H17N7OS/c1-7-6-8(2)15-12(14-7)21-9(3)11(20)13-5-4-10-16-18-19-17-10/h6,9H,4-5H2,1-3H3,(H,13,20)(H,16,17,18,19)/t9-/m0/s1. The maximum atomic E-state index is 12.0. The van der Waals surface area contributed by atoms with E-state index in [-0.39, 0.29) is 11.2 Å². The number of nitrogens with zero attached hydrogens (tertiary/aromatic N) is 5. The van der Waals surface area contributed by atoms with E-state index < -0.39 is 0 Å². The highest BCUT2D eigenvalue weighted by Crippen LogP contribution is 2.19. The number of carbonyl (C=O) groups excluding carboxylic acids is 1. The van der Waals surface area contributed by atoms with Gasteiger partial charge in [-0.3, -0.25) is 4.79 Å². The van der Waals surface area contributed by atoms with Crippen LogP contribution in [-0.2, 0) is 11.2 Å². The molecule has 0 bridgehead atoms. The molecule has 0 radical (unpaired) electrons. The molecular weight excluding hydrogens is 290 g/mol. The van der Waals surface area contributed by atoms with Crippen LogP contribution in [0.5, 0.6) is 0 Å². The SMILES string of the molecule is Cc1cc(C)nc(S[C@@H](C)C(=O)NCCc2nn[nH]n2)n1. The van der Waals surface area contributed by atoms with Crippen LogP contribution >= 0.6 is 11.8 Å². The smallest absolute Gasteiger partial charge is 0.233 e. The van der Waals surface area contributed by atoms with Gasteiger partial charge in [-0.25, -0.2) is 9.97 Å². The number of hydrogen-bond acceptors (Lipinski definition) is 7. The fraction of sp³-hybridized carbons (Fsp3) is 0.500. The average Bonchev–Trinajstić information content (AvgIpc) is 2.90. The van der Waals surface area contributed by atoms with Crippen molar-refractivity contribution < 1.29 is 4.79 Å². The van der Waals surface area contributed by atoms with Crippen LogP contribution in [0, 0.1) is 13.8 Å². The van der Waals surface area contributed by atoms with Gasteiger partial charge in [0.25, 0.3) is 0 Å². The molecule has 0 aliphatic carbocycles. The zero-order valence-corrected chi connectivity index (χ0v) is 12.9. The summed E-state index contributed by atoms with van der Waals surface area (Å²) in [7, 11) is 0. The van der Waals surface area contributed by atoms with Gasteiger partial charge in [0.05, 0.1) is 5.25 Å². The van der Waals surface area contributed by atoms with E-state index in [1.165, 1.54) is 11.8 Å². The van der Waals surface area contributed by atoms with Crippen LogP contribution in [0.4, 0.5) is 0 Å². The number of hydrogen-bond donors (Lipinski definition) is 2. The number of amides is 1. The van der Waals surface area contributed by atoms with Crippen molar-refractivity contribution in [3.63, 3.8) is 0 Å². The number of thioether (sulfide) groups is 1. The van der Waals surface area contributed by atoms with Gasteiger partial charge in [-0.15, -0.1) is 10.2 Å². The summed E-state index contributed by atoms with van der Waals surface area (Å²) in [5, 5.41) is 16.7. The first-order chi connectivity index (χ1) is 10.0. The summed E-state index contributed by atoms with van der Waals surface area (Å²) in [6, 6.07) is 1.90. The maximum Gasteiger partial charge on any atom is 0.233 e. The molecule has 0 unspecified atom stereocenters. The molecule has 2 aromatic heterocycles. The minimum absolute atomic E-state index is 0.0637. The molecule has 1 amide bonds. The molecule has 2 rings (SSSR count). The Morgan fingerprint density at radius 3 is 2.71 bits per heavy atom. The Bertz CT molecular complexity index is 581. The number of rotatable bonds is 6. The highest BCUT2D eigenvalue weighted by molar-refractivity contribution is 8.00. The van der Waals surface area contributed by atoms with Crippen LogP contribution in [0.1, 0.15) is 24.1 Å². The van der Waals surface area contributed by atoms with Gasteiger partial charge in [-0.05, 0) is 26.8 Å². The predicted octanol–water partition coefficient (Wildman–Crippen LogP) is 0.446. The Labute approximate surface area is 126 Å². The molecule has 0 spiro atoms. The zero-order valence-electron chi connectivity index (χ0n) is 12.1. The second-order valence-corrected chi connectivity index (χ2v) is 5.87. The molecule has 8 nitrogen and oxygen atoms in total. The van der Waals surface area contributed by atoms with Crippen molar-refractivity contribution in [1.29, 1.82) is 0 Å². The molecule has 0 fully saturated rings. The molecule has 112 valence electrons. The number of aryl methyl sites for hydroxylation is 2. The van der Waals surface area contributed by atoms with Gasteiger partial charge < -0.3 is 5.32 Å². The lowest BCUT2D eigenvalue weighted by molar-refractivity contribution is -0.120. The van der Waals surface area contributed by atoms with Gasteiger partial charge >= 0.3 is 0 Å². The van der Waals surface area contributed by atoms with Crippen molar-refractivity contribution in [2.75, 3.05) is 6.54 Å². The fourth-order valence-corrected chi connectivity index (χ4v) is 2.59. The first-order valence-electron chi connectivity index (χ1n) is 6.53. The molecule has 21 heavy (non-hydrogen) atoms. The van der Waals surface area contributed by atoms with Crippen molar-refractivity contribution in [1.82, 2.24) is 35.9 Å². The Balaban J connectivity index is 1.81. The monoisotopic (exact) mass is 307 g/mol. The third-order valence-corrected chi connectivity index (χ3v) is 3.61. The number of carbonyl (C=O) groups is 1. The van der Waals surface area contributed by atoms with Gasteiger partial charge in [-0.2, -0.15) is 5.21 Å². The first kappa shape index (κ1) is 15.4. The van der Waals surface area contributed by atoms with E-state index in [0.717, 1.165) is 11.4 Å². The second-order valence-electron chi connectivity index (χ2n) is 4.56. The maximum absolute atomic E-state index is 12.0. The Kier molecular flexibility index (Phi) is 5.20. The van der Waals surface area contributed by atoms with Crippen molar-refractivity contribution in [2.45, 2.75) is 37.6 Å². The average molecular weight is 307 g/mol. The van der Waals surface area contributed by atoms with Crippen molar-refractivity contribution in [3.8, 4) is 0 Å². The predicted molar refractivity (Wildman–Crippen MR) is 77.7 cm³/mol. The largest absolute Gasteiger partial charge is 0.355 e. The molecule has 9 heteroatoms. The van der Waals surface area contributed by atoms with Crippen LogP contribution in [-0.4, -0.2) is 48.3 Å². The highest BCUT2D eigenvalue weighted by Gasteiger charge is 2.16. The summed E-state index contributed by atoms with van der Waals surface area (Å²) in [6.07, 6.45) is 0.541. The second kappa shape index (κ2) is 7.11. The van der Waals surface area contributed by atoms with Crippen LogP contribution in [0.2, 0.25) is 0 Å². The Morgan fingerprint density at radius 2 is 2.10 bits per heavy atom. The van der Waals surface area contributed by atoms with E-state index in [1.54, 1.807) is 0 Å². The van der Waals surface area contributed by atoms with Crippen molar-refractivity contribution in [2.24, 2.45) is 0 Å². The van der Waals surface area contributed by atoms with Crippen molar-refractivity contribution in [3.05, 3.63) is 23.3 Å². The lowest BCUT2D eigenvalue weighted by Crippen LogP contribution is -2.32. The lowest BCUT2D eigenvalue weighted by Gasteiger charge is -2.11. The minimum Gasteiger partial charge on any atom is -0.355 e. The Morgan fingerprint density at radius 1 is 1.38 bits per heavy atom. The van der Waals surface area contributed by atoms with Crippen molar-refractivity contribution >= 4 is 17.7 Å². The molecule has 0 saturated carbocycles. The van der Waals surface area contributed by atoms with Crippen LogP contribution in [0.25, 0.3) is 0 Å². The third-order valence-electron chi connectivity index (χ3n) is 2.65. The normalized spacial score (nSPS) is 12.1. The van der Waals surface area contributed by atoms with Gasteiger partial charge in [0.2, 0.25) is 5.91 Å². The zero-order chi connectivity index (χ0) is 15.2. The molecule has 2 aromatic rings. The summed E-state index contributed by atoms with van der Waals surface area (Å²) in [5.41, 5.74) is 1.80. The number of H-pyrrole nitrogens is 1. The van der Waals surface area contributed by atoms with Gasteiger partial charge in [-0.1, -0.05) is 17.0 Å². The first-order valence-corrected chi connectivity index (χ1v) is 7.41. The molecule has 0 aliphatic rings. The summed E-state index contributed by atoms with van der Waals surface area (Å²) < 4.78 is 0. The minimum atomic E-state index is -0.267. The molecule has 2 heterocycles. The van der Waals surface area contributed by atoms with Crippen LogP contribution < -0.4 is 5.32 Å². The number of aromatic amines is 1. The summed E-state index contributed by atoms with van der Waals surface area (Å²) in [6.45, 7) is 6.12. The fourth-order valence-electron chi connectivity index (χ4n) is 1.69. The quantitative estimate of drug-likeness (QED) is 0.589.